The molecule has 210 valence electrons. The van der Waals surface area contributed by atoms with Crippen molar-refractivity contribution >= 4 is 17.7 Å². The molecular weight excluding hydrogens is 490 g/mol. The van der Waals surface area contributed by atoms with Crippen LogP contribution in [0.2, 0.25) is 0 Å². The van der Waals surface area contributed by atoms with Gasteiger partial charge in [0.05, 0.1) is 5.92 Å². The zero-order valence-electron chi connectivity index (χ0n) is 23.1. The van der Waals surface area contributed by atoms with Crippen LogP contribution in [0.15, 0.2) is 18.2 Å². The Hall–Kier alpha value is -2.55. The summed E-state index contributed by atoms with van der Waals surface area (Å²) in [5.41, 5.74) is 0.170. The van der Waals surface area contributed by atoms with Gasteiger partial charge in [0.2, 0.25) is 17.7 Å². The van der Waals surface area contributed by atoms with Gasteiger partial charge < -0.3 is 15.1 Å². The molecule has 0 unspecified atom stereocenters. The Morgan fingerprint density at radius 2 is 1.58 bits per heavy atom. The van der Waals surface area contributed by atoms with E-state index in [1.165, 1.54) is 19.1 Å². The highest BCUT2D eigenvalue weighted by atomic mass is 19.1. The van der Waals surface area contributed by atoms with Crippen molar-refractivity contribution in [2.75, 3.05) is 39.3 Å². The number of nitrogens with zero attached hydrogens (tertiary/aromatic N) is 3. The fourth-order valence-corrected chi connectivity index (χ4v) is 6.37. The second kappa shape index (κ2) is 11.7. The molecule has 1 aliphatic carbocycles. The molecule has 0 radical (unpaired) electrons. The zero-order valence-corrected chi connectivity index (χ0v) is 23.1. The molecule has 3 atom stereocenters. The largest absolute Gasteiger partial charge is 0.344 e. The van der Waals surface area contributed by atoms with E-state index in [1.807, 2.05) is 0 Å². The van der Waals surface area contributed by atoms with Crippen LogP contribution in [0.1, 0.15) is 71.3 Å². The van der Waals surface area contributed by atoms with Crippen molar-refractivity contribution in [2.45, 2.75) is 77.3 Å². The summed E-state index contributed by atoms with van der Waals surface area (Å²) in [7, 11) is 0. The Bertz CT molecular complexity index is 1030. The van der Waals surface area contributed by atoms with E-state index in [9.17, 15) is 23.2 Å². The van der Waals surface area contributed by atoms with E-state index in [-0.39, 0.29) is 35.1 Å². The molecule has 4 rings (SSSR count). The average Bonchev–Trinajstić information content (AvgIpc) is 3.33. The molecule has 9 heteroatoms. The third kappa shape index (κ3) is 6.35. The molecule has 0 aromatic heterocycles. The van der Waals surface area contributed by atoms with Crippen molar-refractivity contribution in [3.8, 4) is 0 Å². The molecule has 0 bridgehead atoms. The highest BCUT2D eigenvalue weighted by Crippen LogP contribution is 2.38. The fraction of sp³-hybridized carbons (Fsp3) is 0.690. The second-order valence-electron chi connectivity index (χ2n) is 12.2. The fourth-order valence-electron chi connectivity index (χ4n) is 6.37. The van der Waals surface area contributed by atoms with Gasteiger partial charge in [-0.25, -0.2) is 8.78 Å². The number of carbonyl (C=O) groups excluding carboxylic acids is 3. The number of hydrogen-bond acceptors (Lipinski definition) is 4. The van der Waals surface area contributed by atoms with E-state index in [0.717, 1.165) is 38.2 Å². The molecule has 3 fully saturated rings. The summed E-state index contributed by atoms with van der Waals surface area (Å²) in [6, 6.07) is 3.09. The lowest BCUT2D eigenvalue weighted by Crippen LogP contribution is -2.58. The summed E-state index contributed by atoms with van der Waals surface area (Å²) in [5, 5.41) is 2.90. The second-order valence-corrected chi connectivity index (χ2v) is 12.2. The van der Waals surface area contributed by atoms with Crippen LogP contribution in [0.5, 0.6) is 0 Å². The van der Waals surface area contributed by atoms with E-state index in [4.69, 9.17) is 0 Å². The summed E-state index contributed by atoms with van der Waals surface area (Å²) < 4.78 is 28.4. The number of carbonyl (C=O) groups is 3. The van der Waals surface area contributed by atoms with Crippen molar-refractivity contribution in [3.63, 3.8) is 0 Å². The lowest BCUT2D eigenvalue weighted by Gasteiger charge is -2.40. The molecule has 2 aliphatic heterocycles. The maximum Gasteiger partial charge on any atom is 0.245 e. The van der Waals surface area contributed by atoms with Crippen LogP contribution in [0.4, 0.5) is 8.78 Å². The van der Waals surface area contributed by atoms with Gasteiger partial charge in [-0.15, -0.1) is 0 Å². The number of likely N-dealkylation sites (tertiary alicyclic amines) is 1. The summed E-state index contributed by atoms with van der Waals surface area (Å²) in [6.07, 6.45) is 5.16. The summed E-state index contributed by atoms with van der Waals surface area (Å²) in [5.74, 6) is -2.26. The topological polar surface area (TPSA) is 73.0 Å². The van der Waals surface area contributed by atoms with Gasteiger partial charge in [-0.1, -0.05) is 25.3 Å². The molecule has 1 aromatic carbocycles. The smallest absolute Gasteiger partial charge is 0.245 e. The molecule has 2 heterocycles. The molecule has 0 spiro atoms. The first kappa shape index (κ1) is 28.5. The molecule has 1 saturated carbocycles. The predicted molar refractivity (Wildman–Crippen MR) is 141 cm³/mol. The van der Waals surface area contributed by atoms with E-state index < -0.39 is 23.6 Å². The summed E-state index contributed by atoms with van der Waals surface area (Å²) >= 11 is 0. The lowest BCUT2D eigenvalue weighted by molar-refractivity contribution is -0.144. The van der Waals surface area contributed by atoms with E-state index >= 15 is 0 Å². The first-order chi connectivity index (χ1) is 18.0. The van der Waals surface area contributed by atoms with Crippen LogP contribution in [-0.2, 0) is 14.4 Å². The molecule has 1 N–H and O–H groups in total. The number of amides is 3. The van der Waals surface area contributed by atoms with Gasteiger partial charge >= 0.3 is 0 Å². The van der Waals surface area contributed by atoms with Gasteiger partial charge in [-0.05, 0) is 51.2 Å². The molecule has 7 nitrogen and oxygen atoms in total. The lowest BCUT2D eigenvalue weighted by atomic mass is 9.83. The Morgan fingerprint density at radius 1 is 0.947 bits per heavy atom. The highest BCUT2D eigenvalue weighted by molar-refractivity contribution is 5.87. The first-order valence-electron chi connectivity index (χ1n) is 14.0. The maximum absolute atomic E-state index is 14.8. The third-order valence-corrected chi connectivity index (χ3v) is 8.60. The van der Waals surface area contributed by atoms with Crippen LogP contribution in [0.3, 0.4) is 0 Å². The molecular formula is C29H42F2N4O3. The zero-order chi connectivity index (χ0) is 27.6. The van der Waals surface area contributed by atoms with Gasteiger partial charge in [-0.2, -0.15) is 0 Å². The number of halogens is 2. The maximum atomic E-state index is 14.8. The van der Waals surface area contributed by atoms with Crippen molar-refractivity contribution in [3.05, 3.63) is 35.4 Å². The normalized spacial score (nSPS) is 24.4. The molecule has 38 heavy (non-hydrogen) atoms. The minimum absolute atomic E-state index is 0.0525. The van der Waals surface area contributed by atoms with Crippen LogP contribution in [0, 0.1) is 23.5 Å². The van der Waals surface area contributed by atoms with Crippen molar-refractivity contribution in [1.29, 1.82) is 0 Å². The van der Waals surface area contributed by atoms with Crippen molar-refractivity contribution in [2.24, 2.45) is 11.8 Å². The third-order valence-electron chi connectivity index (χ3n) is 8.60. The summed E-state index contributed by atoms with van der Waals surface area (Å²) in [4.78, 5) is 44.8. The van der Waals surface area contributed by atoms with Gasteiger partial charge in [0, 0.05) is 63.7 Å². The summed E-state index contributed by atoms with van der Waals surface area (Å²) in [6.45, 7) is 10.3. The predicted octanol–water partition coefficient (Wildman–Crippen LogP) is 3.53. The minimum atomic E-state index is -0.633. The minimum Gasteiger partial charge on any atom is -0.344 e. The number of rotatable bonds is 5. The van der Waals surface area contributed by atoms with Gasteiger partial charge in [0.25, 0.3) is 0 Å². The van der Waals surface area contributed by atoms with Crippen molar-refractivity contribution in [1.82, 2.24) is 20.0 Å². The quantitative estimate of drug-likeness (QED) is 0.630. The number of benzene rings is 1. The Kier molecular flexibility index (Phi) is 8.75. The molecule has 1 aromatic rings. The van der Waals surface area contributed by atoms with Crippen LogP contribution >= 0.6 is 0 Å². The standard InChI is InChI=1S/C29H42F2N4O3/c1-19(36)32-26(20-8-6-5-7-9-20)28(38)34-14-12-33(13-15-34)27(37)24-18-35(29(2,3)4)17-23(24)22-11-10-21(30)16-25(22)31/h10-11,16,20,23-24,26H,5-9,12-15,17-18H2,1-4H3,(H,32,36)/t23-,24+,26-/m0/s1. The van der Waals surface area contributed by atoms with Crippen molar-refractivity contribution < 1.29 is 23.2 Å². The number of piperazine rings is 1. The Morgan fingerprint density at radius 3 is 2.16 bits per heavy atom. The van der Waals surface area contributed by atoms with Gasteiger partial charge in [0.1, 0.15) is 17.7 Å². The Balaban J connectivity index is 1.45. The Labute approximate surface area is 224 Å². The van der Waals surface area contributed by atoms with E-state index in [0.29, 0.717) is 44.8 Å². The number of hydrogen-bond donors (Lipinski definition) is 1. The van der Waals surface area contributed by atoms with Crippen LogP contribution < -0.4 is 5.32 Å². The molecule has 2 saturated heterocycles. The van der Waals surface area contributed by atoms with Crippen LogP contribution in [-0.4, -0.2) is 83.3 Å². The number of nitrogens with one attached hydrogen (secondary N) is 1. The molecule has 3 amide bonds. The average molecular weight is 533 g/mol. The molecule has 3 aliphatic rings. The van der Waals surface area contributed by atoms with Crippen LogP contribution in [0.25, 0.3) is 0 Å². The van der Waals surface area contributed by atoms with E-state index in [1.54, 1.807) is 9.80 Å². The van der Waals surface area contributed by atoms with Gasteiger partial charge in [0.15, 0.2) is 0 Å². The highest BCUT2D eigenvalue weighted by Gasteiger charge is 2.45. The monoisotopic (exact) mass is 532 g/mol. The van der Waals surface area contributed by atoms with Gasteiger partial charge in [-0.3, -0.25) is 19.3 Å². The van der Waals surface area contributed by atoms with E-state index in [2.05, 4.69) is 31.0 Å². The SMILES string of the molecule is CC(=O)N[C@H](C(=O)N1CCN(C(=O)[C@@H]2CN(C(C)(C)C)C[C@H]2c2ccc(F)cc2F)CC1)C1CCCCC1. The first-order valence-corrected chi connectivity index (χ1v) is 14.0.